The Kier molecular flexibility index (Phi) is 4.77. The van der Waals surface area contributed by atoms with Crippen molar-refractivity contribution >= 4 is 33.2 Å². The SMILES string of the molecule is COCC1(CNC(=O)c2csc(Br)c2)CCCN1. The van der Waals surface area contributed by atoms with Gasteiger partial charge in [0.05, 0.1) is 21.5 Å². The summed E-state index contributed by atoms with van der Waals surface area (Å²) in [6.07, 6.45) is 2.16. The summed E-state index contributed by atoms with van der Waals surface area (Å²) in [6, 6.07) is 1.84. The number of carbonyl (C=O) groups is 1. The monoisotopic (exact) mass is 332 g/mol. The highest BCUT2D eigenvalue weighted by Gasteiger charge is 2.33. The third-order valence-electron chi connectivity index (χ3n) is 3.17. The van der Waals surface area contributed by atoms with Gasteiger partial charge in [0.15, 0.2) is 0 Å². The van der Waals surface area contributed by atoms with Crippen LogP contribution in [0.2, 0.25) is 0 Å². The summed E-state index contributed by atoms with van der Waals surface area (Å²) < 4.78 is 6.22. The normalized spacial score (nSPS) is 23.2. The molecule has 0 bridgehead atoms. The first-order chi connectivity index (χ1) is 8.65. The van der Waals surface area contributed by atoms with Crippen LogP contribution in [0.5, 0.6) is 0 Å². The van der Waals surface area contributed by atoms with Crippen molar-refractivity contribution < 1.29 is 9.53 Å². The molecule has 1 saturated heterocycles. The van der Waals surface area contributed by atoms with Crippen LogP contribution in [0.1, 0.15) is 23.2 Å². The Morgan fingerprint density at radius 1 is 1.72 bits per heavy atom. The maximum absolute atomic E-state index is 12.0. The van der Waals surface area contributed by atoms with Gasteiger partial charge in [0, 0.05) is 19.0 Å². The van der Waals surface area contributed by atoms with Crippen molar-refractivity contribution in [2.45, 2.75) is 18.4 Å². The maximum atomic E-state index is 12.0. The fourth-order valence-corrected chi connectivity index (χ4v) is 3.39. The molecule has 18 heavy (non-hydrogen) atoms. The minimum absolute atomic E-state index is 0.0267. The topological polar surface area (TPSA) is 50.4 Å². The van der Waals surface area contributed by atoms with E-state index in [0.717, 1.165) is 23.2 Å². The summed E-state index contributed by atoms with van der Waals surface area (Å²) in [4.78, 5) is 12.0. The van der Waals surface area contributed by atoms with Gasteiger partial charge < -0.3 is 15.4 Å². The molecule has 4 nitrogen and oxygen atoms in total. The molecule has 1 aromatic rings. The third kappa shape index (κ3) is 3.32. The van der Waals surface area contributed by atoms with Crippen LogP contribution in [0.25, 0.3) is 0 Å². The van der Waals surface area contributed by atoms with Crippen molar-refractivity contribution in [1.29, 1.82) is 0 Å². The number of rotatable bonds is 5. The van der Waals surface area contributed by atoms with Crippen molar-refractivity contribution in [3.8, 4) is 0 Å². The molecule has 0 aromatic carbocycles. The number of hydrogen-bond donors (Lipinski definition) is 2. The van der Waals surface area contributed by atoms with Crippen LogP contribution in [-0.4, -0.2) is 38.3 Å². The molecule has 2 rings (SSSR count). The number of methoxy groups -OCH3 is 1. The molecule has 1 aromatic heterocycles. The summed E-state index contributed by atoms with van der Waals surface area (Å²) in [7, 11) is 1.69. The van der Waals surface area contributed by atoms with Gasteiger partial charge in [0.1, 0.15) is 0 Å². The molecule has 1 amide bonds. The van der Waals surface area contributed by atoms with E-state index in [4.69, 9.17) is 4.74 Å². The highest BCUT2D eigenvalue weighted by molar-refractivity contribution is 9.11. The van der Waals surface area contributed by atoms with Crippen LogP contribution in [0, 0.1) is 0 Å². The van der Waals surface area contributed by atoms with Crippen LogP contribution in [0.4, 0.5) is 0 Å². The Balaban J connectivity index is 1.91. The first-order valence-corrected chi connectivity index (χ1v) is 7.59. The third-order valence-corrected chi connectivity index (χ3v) is 4.67. The first-order valence-electron chi connectivity index (χ1n) is 5.91. The molecule has 1 atom stereocenters. The molecular formula is C12H17BrN2O2S. The minimum Gasteiger partial charge on any atom is -0.383 e. The number of ether oxygens (including phenoxy) is 1. The molecule has 1 fully saturated rings. The van der Waals surface area contributed by atoms with Gasteiger partial charge in [-0.05, 0) is 41.4 Å². The van der Waals surface area contributed by atoms with Gasteiger partial charge in [-0.3, -0.25) is 4.79 Å². The molecule has 6 heteroatoms. The van der Waals surface area contributed by atoms with Crippen LogP contribution in [-0.2, 0) is 4.74 Å². The van der Waals surface area contributed by atoms with E-state index in [1.54, 1.807) is 7.11 Å². The van der Waals surface area contributed by atoms with E-state index in [0.29, 0.717) is 18.7 Å². The van der Waals surface area contributed by atoms with Gasteiger partial charge in [-0.1, -0.05) is 0 Å². The molecule has 0 saturated carbocycles. The number of amides is 1. The van der Waals surface area contributed by atoms with Gasteiger partial charge in [-0.25, -0.2) is 0 Å². The van der Waals surface area contributed by atoms with Crippen LogP contribution in [0.3, 0.4) is 0 Å². The molecule has 0 spiro atoms. The number of nitrogens with one attached hydrogen (secondary N) is 2. The van der Waals surface area contributed by atoms with Gasteiger partial charge in [0.2, 0.25) is 0 Å². The lowest BCUT2D eigenvalue weighted by atomic mass is 9.98. The average molecular weight is 333 g/mol. The molecule has 2 N–H and O–H groups in total. The van der Waals surface area contributed by atoms with E-state index in [1.807, 2.05) is 11.4 Å². The predicted molar refractivity (Wildman–Crippen MR) is 76.2 cm³/mol. The molecule has 1 aliphatic rings. The van der Waals surface area contributed by atoms with E-state index in [-0.39, 0.29) is 11.4 Å². The van der Waals surface area contributed by atoms with Crippen molar-refractivity contribution in [1.82, 2.24) is 10.6 Å². The minimum atomic E-state index is -0.0995. The quantitative estimate of drug-likeness (QED) is 0.867. The van der Waals surface area contributed by atoms with Crippen molar-refractivity contribution in [2.75, 3.05) is 26.8 Å². The van der Waals surface area contributed by atoms with Crippen molar-refractivity contribution in [2.24, 2.45) is 0 Å². The number of halogens is 1. The van der Waals surface area contributed by atoms with E-state index < -0.39 is 0 Å². The zero-order valence-electron chi connectivity index (χ0n) is 10.3. The summed E-state index contributed by atoms with van der Waals surface area (Å²) in [6.45, 7) is 2.22. The predicted octanol–water partition coefficient (Wildman–Crippen LogP) is 2.01. The highest BCUT2D eigenvalue weighted by Crippen LogP contribution is 2.22. The fraction of sp³-hybridized carbons (Fsp3) is 0.583. The van der Waals surface area contributed by atoms with Gasteiger partial charge >= 0.3 is 0 Å². The Labute approximate surface area is 119 Å². The molecule has 1 aliphatic heterocycles. The van der Waals surface area contributed by atoms with E-state index in [2.05, 4.69) is 26.6 Å². The first kappa shape index (κ1) is 14.0. The van der Waals surface area contributed by atoms with Crippen LogP contribution >= 0.6 is 27.3 Å². The van der Waals surface area contributed by atoms with E-state index >= 15 is 0 Å². The zero-order valence-corrected chi connectivity index (χ0v) is 12.7. The Morgan fingerprint density at radius 2 is 2.56 bits per heavy atom. The van der Waals surface area contributed by atoms with Gasteiger partial charge in [-0.15, -0.1) is 11.3 Å². The molecule has 100 valence electrons. The Bertz CT molecular complexity index is 416. The second-order valence-electron chi connectivity index (χ2n) is 4.57. The second-order valence-corrected chi connectivity index (χ2v) is 6.86. The summed E-state index contributed by atoms with van der Waals surface area (Å²) in [5.74, 6) is -0.0267. The molecular weight excluding hydrogens is 316 g/mol. The molecule has 0 aliphatic carbocycles. The highest BCUT2D eigenvalue weighted by atomic mass is 79.9. The summed E-state index contributed by atoms with van der Waals surface area (Å²) in [5, 5.41) is 8.27. The molecule has 1 unspecified atom stereocenters. The lowest BCUT2D eigenvalue weighted by Gasteiger charge is -2.28. The molecule has 0 radical (unpaired) electrons. The van der Waals surface area contributed by atoms with E-state index in [9.17, 15) is 4.79 Å². The summed E-state index contributed by atoms with van der Waals surface area (Å²) >= 11 is 4.88. The maximum Gasteiger partial charge on any atom is 0.252 e. The Morgan fingerprint density at radius 3 is 3.11 bits per heavy atom. The Hall–Kier alpha value is -0.430. The van der Waals surface area contributed by atoms with Crippen molar-refractivity contribution in [3.05, 3.63) is 20.8 Å². The van der Waals surface area contributed by atoms with Gasteiger partial charge in [0.25, 0.3) is 5.91 Å². The largest absolute Gasteiger partial charge is 0.383 e. The van der Waals surface area contributed by atoms with Crippen LogP contribution in [0.15, 0.2) is 15.2 Å². The molecule has 2 heterocycles. The summed E-state index contributed by atoms with van der Waals surface area (Å²) in [5.41, 5.74) is 0.606. The number of hydrogen-bond acceptors (Lipinski definition) is 4. The standard InChI is InChI=1S/C12H17BrN2O2S/c1-17-8-12(3-2-4-15-12)7-14-11(16)9-5-10(13)18-6-9/h5-6,15H,2-4,7-8H2,1H3,(H,14,16). The lowest BCUT2D eigenvalue weighted by molar-refractivity contribution is 0.0892. The zero-order chi connectivity index (χ0) is 13.0. The van der Waals surface area contributed by atoms with Crippen LogP contribution < -0.4 is 10.6 Å². The van der Waals surface area contributed by atoms with Crippen molar-refractivity contribution in [3.63, 3.8) is 0 Å². The average Bonchev–Trinajstić information content (AvgIpc) is 2.97. The second kappa shape index (κ2) is 6.14. The lowest BCUT2D eigenvalue weighted by Crippen LogP contribution is -2.52. The van der Waals surface area contributed by atoms with E-state index in [1.165, 1.54) is 11.3 Å². The fourth-order valence-electron chi connectivity index (χ4n) is 2.25. The number of thiophene rings is 1. The number of carbonyl (C=O) groups excluding carboxylic acids is 1. The smallest absolute Gasteiger partial charge is 0.252 e. The van der Waals surface area contributed by atoms with Gasteiger partial charge in [-0.2, -0.15) is 0 Å².